The number of Topliss-reactive ketones (excluding diaryl/α,β-unsaturated/α-hetero) is 1. The van der Waals surface area contributed by atoms with Crippen LogP contribution in [0.25, 0.3) is 0 Å². The molecule has 1 aliphatic rings. The third kappa shape index (κ3) is 2.89. The van der Waals surface area contributed by atoms with E-state index in [2.05, 4.69) is 13.8 Å². The first-order chi connectivity index (χ1) is 9.34. The molecule has 0 fully saturated rings. The van der Waals surface area contributed by atoms with E-state index < -0.39 is 5.60 Å². The van der Waals surface area contributed by atoms with Crippen LogP contribution in [0.15, 0.2) is 12.1 Å². The maximum Gasteiger partial charge on any atom is 0.204 e. The zero-order chi connectivity index (χ0) is 14.9. The lowest BCUT2D eigenvalue weighted by Gasteiger charge is -2.32. The van der Waals surface area contributed by atoms with Gasteiger partial charge in [0.2, 0.25) is 5.75 Å². The zero-order valence-electron chi connectivity index (χ0n) is 12.8. The van der Waals surface area contributed by atoms with Crippen molar-refractivity contribution in [2.45, 2.75) is 39.7 Å². The highest BCUT2D eigenvalue weighted by Gasteiger charge is 2.35. The van der Waals surface area contributed by atoms with Gasteiger partial charge in [0.1, 0.15) is 5.60 Å². The van der Waals surface area contributed by atoms with Crippen molar-refractivity contribution in [1.29, 1.82) is 0 Å². The first kappa shape index (κ1) is 14.7. The van der Waals surface area contributed by atoms with E-state index in [1.54, 1.807) is 19.2 Å². The number of methoxy groups -OCH3 is 1. The Bertz CT molecular complexity index is 517. The van der Waals surface area contributed by atoms with Crippen molar-refractivity contribution in [2.24, 2.45) is 5.92 Å². The van der Waals surface area contributed by atoms with Gasteiger partial charge in [-0.1, -0.05) is 13.8 Å². The predicted octanol–water partition coefficient (Wildman–Crippen LogP) is 3.47. The first-order valence-electron chi connectivity index (χ1n) is 6.90. The van der Waals surface area contributed by atoms with Crippen LogP contribution >= 0.6 is 0 Å². The van der Waals surface area contributed by atoms with Crippen LogP contribution in [0.1, 0.15) is 44.5 Å². The van der Waals surface area contributed by atoms with Gasteiger partial charge in [-0.3, -0.25) is 4.79 Å². The Morgan fingerprint density at radius 2 is 2.05 bits per heavy atom. The maximum atomic E-state index is 12.2. The fourth-order valence-corrected chi connectivity index (χ4v) is 2.22. The molecular formula is C16H22O4. The third-order valence-electron chi connectivity index (χ3n) is 3.12. The van der Waals surface area contributed by atoms with Gasteiger partial charge in [0.15, 0.2) is 17.3 Å². The summed E-state index contributed by atoms with van der Waals surface area (Å²) in [5.74, 6) is 2.10. The summed E-state index contributed by atoms with van der Waals surface area (Å²) < 4.78 is 17.1. The van der Waals surface area contributed by atoms with Gasteiger partial charge in [-0.05, 0) is 31.9 Å². The second kappa shape index (κ2) is 5.35. The number of fused-ring (bicyclic) bond motifs is 1. The van der Waals surface area contributed by atoms with Crippen molar-refractivity contribution < 1.29 is 19.0 Å². The Kier molecular flexibility index (Phi) is 3.93. The summed E-state index contributed by atoms with van der Waals surface area (Å²) >= 11 is 0. The molecule has 2 rings (SSSR count). The molecule has 0 amide bonds. The number of carbonyl (C=O) groups excluding carboxylic acids is 1. The number of hydrogen-bond donors (Lipinski definition) is 0. The van der Waals surface area contributed by atoms with Gasteiger partial charge in [0.05, 0.1) is 25.7 Å². The summed E-state index contributed by atoms with van der Waals surface area (Å²) in [6.07, 6.45) is 0.370. The average molecular weight is 278 g/mol. The van der Waals surface area contributed by atoms with Crippen LogP contribution in [0, 0.1) is 5.92 Å². The molecule has 0 N–H and O–H groups in total. The fraction of sp³-hybridized carbons (Fsp3) is 0.562. The van der Waals surface area contributed by atoms with Crippen molar-refractivity contribution in [3.05, 3.63) is 17.7 Å². The monoisotopic (exact) mass is 278 g/mol. The van der Waals surface area contributed by atoms with Crippen LogP contribution in [0.4, 0.5) is 0 Å². The minimum absolute atomic E-state index is 0.0740. The third-order valence-corrected chi connectivity index (χ3v) is 3.12. The second-order valence-electron chi connectivity index (χ2n) is 6.14. The zero-order valence-corrected chi connectivity index (χ0v) is 12.8. The molecule has 4 nitrogen and oxygen atoms in total. The summed E-state index contributed by atoms with van der Waals surface area (Å²) in [6.45, 7) is 8.54. The molecule has 0 aliphatic carbocycles. The quantitative estimate of drug-likeness (QED) is 0.846. The highest BCUT2D eigenvalue weighted by molar-refractivity contribution is 6.01. The van der Waals surface area contributed by atoms with Crippen LogP contribution in [0.3, 0.4) is 0 Å². The van der Waals surface area contributed by atoms with Crippen molar-refractivity contribution in [3.8, 4) is 17.2 Å². The van der Waals surface area contributed by atoms with Crippen LogP contribution in [-0.2, 0) is 0 Å². The van der Waals surface area contributed by atoms with E-state index in [0.717, 1.165) is 0 Å². The Hall–Kier alpha value is -1.71. The van der Waals surface area contributed by atoms with E-state index in [0.29, 0.717) is 41.8 Å². The summed E-state index contributed by atoms with van der Waals surface area (Å²) in [6, 6.07) is 3.53. The molecular weight excluding hydrogens is 256 g/mol. The molecule has 4 heteroatoms. The molecule has 110 valence electrons. The molecule has 0 saturated carbocycles. The van der Waals surface area contributed by atoms with Gasteiger partial charge in [-0.25, -0.2) is 0 Å². The number of ketones is 1. The van der Waals surface area contributed by atoms with E-state index in [1.807, 2.05) is 13.8 Å². The van der Waals surface area contributed by atoms with Gasteiger partial charge < -0.3 is 14.2 Å². The molecule has 0 aromatic heterocycles. The molecule has 0 radical (unpaired) electrons. The van der Waals surface area contributed by atoms with E-state index in [9.17, 15) is 4.79 Å². The topological polar surface area (TPSA) is 44.8 Å². The number of hydrogen-bond acceptors (Lipinski definition) is 4. The number of rotatable bonds is 4. The lowest BCUT2D eigenvalue weighted by Crippen LogP contribution is -2.36. The van der Waals surface area contributed by atoms with Crippen LogP contribution in [-0.4, -0.2) is 25.1 Å². The van der Waals surface area contributed by atoms with Gasteiger partial charge in [0, 0.05) is 0 Å². The smallest absolute Gasteiger partial charge is 0.204 e. The molecule has 0 bridgehead atoms. The Balaban J connectivity index is 2.42. The van der Waals surface area contributed by atoms with Crippen LogP contribution in [0.2, 0.25) is 0 Å². The molecule has 0 atom stereocenters. The van der Waals surface area contributed by atoms with Crippen molar-refractivity contribution in [1.82, 2.24) is 0 Å². The summed E-state index contributed by atoms with van der Waals surface area (Å²) in [7, 11) is 1.56. The number of carbonyl (C=O) groups is 1. The lowest BCUT2D eigenvalue weighted by atomic mass is 9.93. The average Bonchev–Trinajstić information content (AvgIpc) is 2.33. The largest absolute Gasteiger partial charge is 0.490 e. The standard InChI is InChI=1S/C16H22O4/c1-10(2)9-19-13-7-6-11-12(17)8-16(3,4)20-14(11)15(13)18-5/h6-7,10H,8-9H2,1-5H3. The Labute approximate surface area is 120 Å². The van der Waals surface area contributed by atoms with Gasteiger partial charge in [-0.15, -0.1) is 0 Å². The minimum Gasteiger partial charge on any atom is -0.490 e. The summed E-state index contributed by atoms with van der Waals surface area (Å²) in [5.41, 5.74) is 0.0479. The van der Waals surface area contributed by atoms with E-state index >= 15 is 0 Å². The van der Waals surface area contributed by atoms with Crippen molar-refractivity contribution in [2.75, 3.05) is 13.7 Å². The highest BCUT2D eigenvalue weighted by atomic mass is 16.5. The van der Waals surface area contributed by atoms with Crippen LogP contribution in [0.5, 0.6) is 17.2 Å². The van der Waals surface area contributed by atoms with E-state index in [1.165, 1.54) is 0 Å². The molecule has 1 aromatic carbocycles. The molecule has 20 heavy (non-hydrogen) atoms. The van der Waals surface area contributed by atoms with Crippen molar-refractivity contribution >= 4 is 5.78 Å². The molecule has 0 spiro atoms. The highest BCUT2D eigenvalue weighted by Crippen LogP contribution is 2.45. The van der Waals surface area contributed by atoms with Crippen LogP contribution < -0.4 is 14.2 Å². The van der Waals surface area contributed by atoms with Gasteiger partial charge >= 0.3 is 0 Å². The van der Waals surface area contributed by atoms with Gasteiger partial charge in [-0.2, -0.15) is 0 Å². The Morgan fingerprint density at radius 3 is 2.65 bits per heavy atom. The normalized spacial score (nSPS) is 16.6. The molecule has 0 unspecified atom stereocenters. The summed E-state index contributed by atoms with van der Waals surface area (Å²) in [4.78, 5) is 12.2. The molecule has 0 saturated heterocycles. The summed E-state index contributed by atoms with van der Waals surface area (Å²) in [5, 5.41) is 0. The Morgan fingerprint density at radius 1 is 1.35 bits per heavy atom. The molecule has 1 aromatic rings. The number of ether oxygens (including phenoxy) is 3. The minimum atomic E-state index is -0.520. The number of benzene rings is 1. The second-order valence-corrected chi connectivity index (χ2v) is 6.14. The lowest BCUT2D eigenvalue weighted by molar-refractivity contribution is 0.0597. The fourth-order valence-electron chi connectivity index (χ4n) is 2.22. The van der Waals surface area contributed by atoms with Crippen molar-refractivity contribution in [3.63, 3.8) is 0 Å². The van der Waals surface area contributed by atoms with E-state index in [4.69, 9.17) is 14.2 Å². The predicted molar refractivity (Wildman–Crippen MR) is 77.0 cm³/mol. The SMILES string of the molecule is COc1c(OCC(C)C)ccc2c1OC(C)(C)CC2=O. The maximum absolute atomic E-state index is 12.2. The van der Waals surface area contributed by atoms with E-state index in [-0.39, 0.29) is 5.78 Å². The first-order valence-corrected chi connectivity index (χ1v) is 6.90. The molecule has 1 heterocycles. The van der Waals surface area contributed by atoms with Gasteiger partial charge in [0.25, 0.3) is 0 Å². The molecule has 1 aliphatic heterocycles.